The number of fused-ring (bicyclic) bond motifs is 1. The Morgan fingerprint density at radius 3 is 2.65 bits per heavy atom. The standard InChI is InChI=1S/C20H22FN3O2/c1-4-15(10-21)12-25-17-5-6-18-19(9-17)26-20(24-18)22-11-16-7-13(2)23-14(3)8-16/h5-10H,4,11-12H2,1-3H3,(H,22,24)/b15-10-. The van der Waals surface area contributed by atoms with E-state index in [0.29, 0.717) is 42.2 Å². The third-order valence-electron chi connectivity index (χ3n) is 3.98. The average molecular weight is 355 g/mol. The number of pyridine rings is 1. The van der Waals surface area contributed by atoms with Gasteiger partial charge in [0.05, 0.1) is 6.33 Å². The molecular weight excluding hydrogens is 333 g/mol. The summed E-state index contributed by atoms with van der Waals surface area (Å²) in [6, 6.07) is 9.89. The Bertz CT molecular complexity index is 914. The van der Waals surface area contributed by atoms with E-state index in [2.05, 4.69) is 15.3 Å². The number of aromatic nitrogens is 2. The summed E-state index contributed by atoms with van der Waals surface area (Å²) in [5.41, 5.74) is 5.04. The van der Waals surface area contributed by atoms with Crippen LogP contribution in [-0.4, -0.2) is 16.6 Å². The molecule has 0 aliphatic heterocycles. The van der Waals surface area contributed by atoms with Crippen molar-refractivity contribution in [2.75, 3.05) is 11.9 Å². The molecule has 5 nitrogen and oxygen atoms in total. The van der Waals surface area contributed by atoms with E-state index in [9.17, 15) is 4.39 Å². The van der Waals surface area contributed by atoms with Gasteiger partial charge in [0, 0.05) is 24.0 Å². The fourth-order valence-corrected chi connectivity index (χ4v) is 2.66. The Labute approximate surface area is 151 Å². The van der Waals surface area contributed by atoms with Crippen molar-refractivity contribution in [2.45, 2.75) is 33.7 Å². The van der Waals surface area contributed by atoms with Crippen LogP contribution in [-0.2, 0) is 6.54 Å². The molecule has 2 heterocycles. The van der Waals surface area contributed by atoms with Crippen molar-refractivity contribution >= 4 is 17.1 Å². The van der Waals surface area contributed by atoms with Crippen LogP contribution in [0.4, 0.5) is 10.4 Å². The molecule has 136 valence electrons. The van der Waals surface area contributed by atoms with Gasteiger partial charge in [0.25, 0.3) is 6.01 Å². The first kappa shape index (κ1) is 17.9. The normalized spacial score (nSPS) is 11.8. The lowest BCUT2D eigenvalue weighted by Gasteiger charge is -2.06. The first-order valence-electron chi connectivity index (χ1n) is 8.57. The predicted molar refractivity (Wildman–Crippen MR) is 100 cm³/mol. The minimum Gasteiger partial charge on any atom is -0.489 e. The Morgan fingerprint density at radius 2 is 1.96 bits per heavy atom. The minimum atomic E-state index is 0.221. The zero-order chi connectivity index (χ0) is 18.5. The third kappa shape index (κ3) is 4.39. The van der Waals surface area contributed by atoms with Gasteiger partial charge in [0.1, 0.15) is 17.9 Å². The Morgan fingerprint density at radius 1 is 1.19 bits per heavy atom. The molecule has 1 aromatic carbocycles. The molecule has 0 aliphatic rings. The van der Waals surface area contributed by atoms with Gasteiger partial charge in [-0.15, -0.1) is 0 Å². The van der Waals surface area contributed by atoms with Gasteiger partial charge in [-0.3, -0.25) is 4.98 Å². The number of benzene rings is 1. The number of hydrogen-bond donors (Lipinski definition) is 1. The second kappa shape index (κ2) is 7.99. The van der Waals surface area contributed by atoms with Crippen LogP contribution < -0.4 is 10.1 Å². The number of hydrogen-bond acceptors (Lipinski definition) is 5. The van der Waals surface area contributed by atoms with Gasteiger partial charge in [-0.2, -0.15) is 4.98 Å². The number of oxazole rings is 1. The van der Waals surface area contributed by atoms with Crippen LogP contribution in [0.15, 0.2) is 46.7 Å². The van der Waals surface area contributed by atoms with Gasteiger partial charge < -0.3 is 14.5 Å². The third-order valence-corrected chi connectivity index (χ3v) is 3.98. The highest BCUT2D eigenvalue weighted by atomic mass is 19.1. The van der Waals surface area contributed by atoms with Gasteiger partial charge in [0.15, 0.2) is 5.58 Å². The van der Waals surface area contributed by atoms with E-state index in [1.165, 1.54) is 0 Å². The van der Waals surface area contributed by atoms with Crippen molar-refractivity contribution in [3.05, 3.63) is 59.2 Å². The zero-order valence-electron chi connectivity index (χ0n) is 15.2. The number of rotatable bonds is 7. The van der Waals surface area contributed by atoms with Crippen molar-refractivity contribution in [2.24, 2.45) is 0 Å². The summed E-state index contributed by atoms with van der Waals surface area (Å²) in [7, 11) is 0. The number of aryl methyl sites for hydroxylation is 2. The maximum atomic E-state index is 12.6. The fraction of sp³-hybridized carbons (Fsp3) is 0.300. The van der Waals surface area contributed by atoms with Gasteiger partial charge in [-0.05, 0) is 55.7 Å². The lowest BCUT2D eigenvalue weighted by molar-refractivity contribution is 0.345. The Kier molecular flexibility index (Phi) is 5.51. The molecule has 0 saturated carbocycles. The first-order chi connectivity index (χ1) is 12.6. The van der Waals surface area contributed by atoms with Gasteiger partial charge in [-0.25, -0.2) is 4.39 Å². The van der Waals surface area contributed by atoms with Crippen LogP contribution in [0.3, 0.4) is 0 Å². The van der Waals surface area contributed by atoms with E-state index in [1.807, 2.05) is 39.0 Å². The summed E-state index contributed by atoms with van der Waals surface area (Å²) >= 11 is 0. The molecule has 0 saturated heterocycles. The van der Waals surface area contributed by atoms with E-state index >= 15 is 0 Å². The molecule has 0 atom stereocenters. The highest BCUT2D eigenvalue weighted by molar-refractivity contribution is 5.76. The van der Waals surface area contributed by atoms with Crippen molar-refractivity contribution in [1.29, 1.82) is 0 Å². The number of anilines is 1. The minimum absolute atomic E-state index is 0.221. The molecule has 0 radical (unpaired) electrons. The van der Waals surface area contributed by atoms with Crippen molar-refractivity contribution in [3.8, 4) is 5.75 Å². The molecule has 2 aromatic heterocycles. The number of nitrogens with one attached hydrogen (secondary N) is 1. The molecule has 1 N–H and O–H groups in total. The molecule has 0 fully saturated rings. The summed E-state index contributed by atoms with van der Waals surface area (Å²) < 4.78 is 24.0. The number of nitrogens with zero attached hydrogens (tertiary/aromatic N) is 2. The lowest BCUT2D eigenvalue weighted by Crippen LogP contribution is -2.01. The molecule has 0 bridgehead atoms. The van der Waals surface area contributed by atoms with Crippen LogP contribution in [0.25, 0.3) is 11.1 Å². The molecule has 6 heteroatoms. The van der Waals surface area contributed by atoms with Crippen LogP contribution >= 0.6 is 0 Å². The molecule has 3 rings (SSSR count). The van der Waals surface area contributed by atoms with Gasteiger partial charge in [0.2, 0.25) is 0 Å². The second-order valence-corrected chi connectivity index (χ2v) is 6.17. The monoisotopic (exact) mass is 355 g/mol. The number of ether oxygens (including phenoxy) is 1. The van der Waals surface area contributed by atoms with Crippen molar-refractivity contribution < 1.29 is 13.5 Å². The van der Waals surface area contributed by atoms with Crippen LogP contribution in [0.1, 0.15) is 30.3 Å². The average Bonchev–Trinajstić information content (AvgIpc) is 3.02. The van der Waals surface area contributed by atoms with E-state index in [1.54, 1.807) is 12.1 Å². The van der Waals surface area contributed by atoms with Crippen LogP contribution in [0.5, 0.6) is 5.75 Å². The zero-order valence-corrected chi connectivity index (χ0v) is 15.2. The van der Waals surface area contributed by atoms with E-state index in [0.717, 1.165) is 22.5 Å². The molecule has 0 amide bonds. The quantitative estimate of drug-likeness (QED) is 0.639. The molecule has 0 unspecified atom stereocenters. The van der Waals surface area contributed by atoms with E-state index in [-0.39, 0.29) is 6.61 Å². The summed E-state index contributed by atoms with van der Waals surface area (Å²) in [6.45, 7) is 6.65. The Hall–Kier alpha value is -2.89. The lowest BCUT2D eigenvalue weighted by atomic mass is 10.2. The highest BCUT2D eigenvalue weighted by Gasteiger charge is 2.08. The maximum Gasteiger partial charge on any atom is 0.295 e. The SMILES string of the molecule is CC/C(=C/F)COc1ccc2nc(NCc3cc(C)nc(C)c3)oc2c1. The summed E-state index contributed by atoms with van der Waals surface area (Å²) in [6.07, 6.45) is 1.21. The number of halogens is 1. The molecule has 26 heavy (non-hydrogen) atoms. The molecule has 3 aromatic rings. The molecular formula is C20H22FN3O2. The van der Waals surface area contributed by atoms with E-state index < -0.39 is 0 Å². The fourth-order valence-electron chi connectivity index (χ4n) is 2.66. The summed E-state index contributed by atoms with van der Waals surface area (Å²) in [5, 5.41) is 3.19. The van der Waals surface area contributed by atoms with Gasteiger partial charge >= 0.3 is 0 Å². The summed E-state index contributed by atoms with van der Waals surface area (Å²) in [4.78, 5) is 8.79. The second-order valence-electron chi connectivity index (χ2n) is 6.17. The van der Waals surface area contributed by atoms with E-state index in [4.69, 9.17) is 9.15 Å². The van der Waals surface area contributed by atoms with Crippen molar-refractivity contribution in [1.82, 2.24) is 9.97 Å². The van der Waals surface area contributed by atoms with Gasteiger partial charge in [-0.1, -0.05) is 6.92 Å². The van der Waals surface area contributed by atoms with Crippen LogP contribution in [0.2, 0.25) is 0 Å². The molecule has 0 spiro atoms. The largest absolute Gasteiger partial charge is 0.489 e. The van der Waals surface area contributed by atoms with Crippen LogP contribution in [0, 0.1) is 13.8 Å². The molecule has 0 aliphatic carbocycles. The van der Waals surface area contributed by atoms with Crippen molar-refractivity contribution in [3.63, 3.8) is 0 Å². The topological polar surface area (TPSA) is 60.2 Å². The smallest absolute Gasteiger partial charge is 0.295 e. The highest BCUT2D eigenvalue weighted by Crippen LogP contribution is 2.24. The summed E-state index contributed by atoms with van der Waals surface area (Å²) in [5.74, 6) is 0.619. The first-order valence-corrected chi connectivity index (χ1v) is 8.57. The Balaban J connectivity index is 1.68. The maximum absolute atomic E-state index is 12.6. The predicted octanol–water partition coefficient (Wildman–Crippen LogP) is 5.09.